The lowest BCUT2D eigenvalue weighted by atomic mass is 9.86. The molecule has 0 radical (unpaired) electrons. The maximum absolute atomic E-state index is 12.4. The minimum Gasteiger partial charge on any atom is -0.319 e. The number of hydrogen-bond acceptors (Lipinski definition) is 3. The zero-order chi connectivity index (χ0) is 16.0. The lowest BCUT2D eigenvalue weighted by Gasteiger charge is -2.32. The summed E-state index contributed by atoms with van der Waals surface area (Å²) in [5.74, 6) is 1.94. The molecule has 0 aromatic carbocycles. The summed E-state index contributed by atoms with van der Waals surface area (Å²) in [6.07, 6.45) is 1.89. The van der Waals surface area contributed by atoms with E-state index in [4.69, 9.17) is 0 Å². The number of rotatable bonds is 8. The Hall–Kier alpha value is -0.170. The van der Waals surface area contributed by atoms with Crippen molar-refractivity contribution in [3.8, 4) is 0 Å². The number of nitrogens with zero attached hydrogens (tertiary/aromatic N) is 1. The minimum atomic E-state index is -3.32. The van der Waals surface area contributed by atoms with E-state index >= 15 is 0 Å². The lowest BCUT2D eigenvalue weighted by Crippen LogP contribution is -2.47. The first-order valence-corrected chi connectivity index (χ1v) is 9.61. The van der Waals surface area contributed by atoms with Crippen molar-refractivity contribution in [2.24, 2.45) is 23.7 Å². The third-order valence-corrected chi connectivity index (χ3v) is 6.20. The van der Waals surface area contributed by atoms with Gasteiger partial charge in [0, 0.05) is 19.6 Å². The summed E-state index contributed by atoms with van der Waals surface area (Å²) in [5, 5.41) is 3.17. The molecule has 21 heavy (non-hydrogen) atoms. The van der Waals surface area contributed by atoms with Crippen LogP contribution in [0.25, 0.3) is 0 Å². The van der Waals surface area contributed by atoms with Crippen LogP contribution in [0.1, 0.15) is 40.5 Å². The van der Waals surface area contributed by atoms with Crippen molar-refractivity contribution in [3.63, 3.8) is 0 Å². The summed E-state index contributed by atoms with van der Waals surface area (Å²) in [7, 11) is -1.37. The molecule has 1 fully saturated rings. The van der Waals surface area contributed by atoms with Gasteiger partial charge in [0.25, 0.3) is 10.2 Å². The first kappa shape index (κ1) is 18.9. The van der Waals surface area contributed by atoms with Crippen LogP contribution >= 0.6 is 0 Å². The SMILES string of the molecule is CNCC1CCN(S(=O)(=O)NCC(C(C)C)C(C)C)CC1. The highest BCUT2D eigenvalue weighted by atomic mass is 32.2. The molecule has 5 nitrogen and oxygen atoms in total. The normalized spacial score (nSPS) is 19.0. The minimum absolute atomic E-state index is 0.376. The highest BCUT2D eigenvalue weighted by molar-refractivity contribution is 7.87. The van der Waals surface area contributed by atoms with Crippen LogP contribution in [-0.2, 0) is 10.2 Å². The summed E-state index contributed by atoms with van der Waals surface area (Å²) in [5.41, 5.74) is 0. The molecule has 2 N–H and O–H groups in total. The molecule has 0 saturated carbocycles. The first-order valence-electron chi connectivity index (χ1n) is 8.17. The fourth-order valence-corrected chi connectivity index (χ4v) is 4.45. The molecule has 0 aliphatic carbocycles. The molecular formula is C15H33N3O2S. The van der Waals surface area contributed by atoms with E-state index in [0.717, 1.165) is 19.4 Å². The van der Waals surface area contributed by atoms with Gasteiger partial charge in [-0.15, -0.1) is 0 Å². The van der Waals surface area contributed by atoms with Gasteiger partial charge >= 0.3 is 0 Å². The lowest BCUT2D eigenvalue weighted by molar-refractivity contribution is 0.260. The molecule has 0 amide bonds. The van der Waals surface area contributed by atoms with E-state index in [0.29, 0.717) is 43.3 Å². The van der Waals surface area contributed by atoms with E-state index in [1.165, 1.54) is 0 Å². The van der Waals surface area contributed by atoms with Gasteiger partial charge in [-0.2, -0.15) is 12.7 Å². The fourth-order valence-electron chi connectivity index (χ4n) is 3.18. The third kappa shape index (κ3) is 5.85. The maximum atomic E-state index is 12.4. The van der Waals surface area contributed by atoms with Crippen molar-refractivity contribution in [3.05, 3.63) is 0 Å². The number of nitrogens with one attached hydrogen (secondary N) is 2. The van der Waals surface area contributed by atoms with Crippen LogP contribution in [0.3, 0.4) is 0 Å². The smallest absolute Gasteiger partial charge is 0.279 e. The number of hydrogen-bond donors (Lipinski definition) is 2. The van der Waals surface area contributed by atoms with E-state index in [9.17, 15) is 8.42 Å². The van der Waals surface area contributed by atoms with E-state index in [-0.39, 0.29) is 0 Å². The Labute approximate surface area is 131 Å². The average Bonchev–Trinajstić information content (AvgIpc) is 2.39. The Balaban J connectivity index is 2.51. The molecule has 0 spiro atoms. The second-order valence-electron chi connectivity index (χ2n) is 6.91. The monoisotopic (exact) mass is 319 g/mol. The van der Waals surface area contributed by atoms with Crippen LogP contribution in [0.2, 0.25) is 0 Å². The Kier molecular flexibility index (Phi) is 7.60. The molecule has 0 atom stereocenters. The van der Waals surface area contributed by atoms with Gasteiger partial charge in [-0.25, -0.2) is 4.72 Å². The molecular weight excluding hydrogens is 286 g/mol. The highest BCUT2D eigenvalue weighted by Crippen LogP contribution is 2.21. The molecule has 0 aromatic heterocycles. The molecule has 1 heterocycles. The summed E-state index contributed by atoms with van der Waals surface area (Å²) in [6, 6.07) is 0. The van der Waals surface area contributed by atoms with Gasteiger partial charge in [-0.3, -0.25) is 0 Å². The van der Waals surface area contributed by atoms with E-state index in [1.54, 1.807) is 4.31 Å². The van der Waals surface area contributed by atoms with Crippen LogP contribution in [0.5, 0.6) is 0 Å². The Bertz CT molecular complexity index is 380. The van der Waals surface area contributed by atoms with Crippen LogP contribution in [-0.4, -0.2) is 45.9 Å². The second kappa shape index (κ2) is 8.46. The van der Waals surface area contributed by atoms with Crippen molar-refractivity contribution in [1.29, 1.82) is 0 Å². The molecule has 0 bridgehead atoms. The molecule has 1 aliphatic rings. The van der Waals surface area contributed by atoms with Gasteiger partial charge in [0.2, 0.25) is 0 Å². The van der Waals surface area contributed by atoms with E-state index < -0.39 is 10.2 Å². The first-order chi connectivity index (χ1) is 9.77. The van der Waals surface area contributed by atoms with Gasteiger partial charge in [-0.05, 0) is 50.1 Å². The predicted molar refractivity (Wildman–Crippen MR) is 88.3 cm³/mol. The zero-order valence-corrected chi connectivity index (χ0v) is 15.0. The summed E-state index contributed by atoms with van der Waals surface area (Å²) >= 11 is 0. The fraction of sp³-hybridized carbons (Fsp3) is 1.00. The Morgan fingerprint density at radius 3 is 2.05 bits per heavy atom. The van der Waals surface area contributed by atoms with Crippen molar-refractivity contribution in [2.75, 3.05) is 33.2 Å². The molecule has 1 aliphatic heterocycles. The Morgan fingerprint density at radius 2 is 1.62 bits per heavy atom. The molecule has 0 aromatic rings. The Morgan fingerprint density at radius 1 is 1.10 bits per heavy atom. The average molecular weight is 320 g/mol. The molecule has 0 unspecified atom stereocenters. The molecule has 1 rings (SSSR count). The molecule has 1 saturated heterocycles. The van der Waals surface area contributed by atoms with E-state index in [1.807, 2.05) is 7.05 Å². The van der Waals surface area contributed by atoms with Crippen LogP contribution in [0.4, 0.5) is 0 Å². The zero-order valence-electron chi connectivity index (χ0n) is 14.2. The summed E-state index contributed by atoms with van der Waals surface area (Å²) in [4.78, 5) is 0. The van der Waals surface area contributed by atoms with Crippen molar-refractivity contribution in [1.82, 2.24) is 14.3 Å². The van der Waals surface area contributed by atoms with Gasteiger partial charge in [0.05, 0.1) is 0 Å². The highest BCUT2D eigenvalue weighted by Gasteiger charge is 2.28. The van der Waals surface area contributed by atoms with Crippen molar-refractivity contribution in [2.45, 2.75) is 40.5 Å². The van der Waals surface area contributed by atoms with Gasteiger partial charge in [0.1, 0.15) is 0 Å². The third-order valence-electron chi connectivity index (χ3n) is 4.62. The standard InChI is InChI=1S/C15H33N3O2S/c1-12(2)15(13(3)4)11-17-21(19,20)18-8-6-14(7-9-18)10-16-5/h12-17H,6-11H2,1-5H3. The largest absolute Gasteiger partial charge is 0.319 e. The van der Waals surface area contributed by atoms with Crippen LogP contribution in [0.15, 0.2) is 0 Å². The van der Waals surface area contributed by atoms with Gasteiger partial charge in [-0.1, -0.05) is 27.7 Å². The van der Waals surface area contributed by atoms with Gasteiger partial charge in [0.15, 0.2) is 0 Å². The van der Waals surface area contributed by atoms with Crippen molar-refractivity contribution >= 4 is 10.2 Å². The predicted octanol–water partition coefficient (Wildman–Crippen LogP) is 1.68. The molecule has 6 heteroatoms. The van der Waals surface area contributed by atoms with Gasteiger partial charge < -0.3 is 5.32 Å². The quantitative estimate of drug-likeness (QED) is 0.715. The van der Waals surface area contributed by atoms with Crippen LogP contribution in [0, 0.1) is 23.7 Å². The number of piperidine rings is 1. The summed E-state index contributed by atoms with van der Waals surface area (Å²) < 4.78 is 29.2. The maximum Gasteiger partial charge on any atom is 0.279 e. The van der Waals surface area contributed by atoms with Crippen molar-refractivity contribution < 1.29 is 8.42 Å². The van der Waals surface area contributed by atoms with E-state index in [2.05, 4.69) is 37.7 Å². The summed E-state index contributed by atoms with van der Waals surface area (Å²) in [6.45, 7) is 11.4. The molecule has 126 valence electrons. The topological polar surface area (TPSA) is 61.4 Å². The second-order valence-corrected chi connectivity index (χ2v) is 8.66. The van der Waals surface area contributed by atoms with Crippen LogP contribution < -0.4 is 10.0 Å².